The van der Waals surface area contributed by atoms with E-state index in [1.807, 2.05) is 12.1 Å². The van der Waals surface area contributed by atoms with Crippen LogP contribution in [0.3, 0.4) is 0 Å². The van der Waals surface area contributed by atoms with Crippen molar-refractivity contribution < 1.29 is 14.7 Å². The van der Waals surface area contributed by atoms with Gasteiger partial charge in [-0.3, -0.25) is 9.59 Å². The number of carboxylic acid groups (broad SMARTS) is 1. The van der Waals surface area contributed by atoms with Crippen molar-refractivity contribution in [2.45, 2.75) is 69.7 Å². The molecule has 1 aromatic carbocycles. The van der Waals surface area contributed by atoms with Gasteiger partial charge >= 0.3 is 5.97 Å². The van der Waals surface area contributed by atoms with E-state index < -0.39 is 5.97 Å². The van der Waals surface area contributed by atoms with E-state index in [2.05, 4.69) is 22.8 Å². The molecule has 0 bridgehead atoms. The summed E-state index contributed by atoms with van der Waals surface area (Å²) in [6.07, 6.45) is 8.52. The third kappa shape index (κ3) is 6.78. The maximum atomic E-state index is 12.5. The minimum atomic E-state index is -0.706. The number of piperidine rings is 1. The van der Waals surface area contributed by atoms with Gasteiger partial charge in [0.05, 0.1) is 0 Å². The first-order chi connectivity index (χ1) is 13.1. The molecule has 1 amide bonds. The monoisotopic (exact) mass is 408 g/mol. The number of rotatable bonds is 7. The van der Waals surface area contributed by atoms with E-state index in [0.29, 0.717) is 11.8 Å². The number of carbonyl (C=O) groups is 2. The number of carboxylic acids is 1. The van der Waals surface area contributed by atoms with E-state index in [0.717, 1.165) is 57.2 Å². The number of hydrogen-bond donors (Lipinski definition) is 3. The van der Waals surface area contributed by atoms with Crippen LogP contribution in [0.5, 0.6) is 0 Å². The van der Waals surface area contributed by atoms with Gasteiger partial charge in [-0.05, 0) is 94.0 Å². The van der Waals surface area contributed by atoms with Crippen molar-refractivity contribution in [3.05, 3.63) is 35.4 Å². The van der Waals surface area contributed by atoms with Crippen LogP contribution in [0.4, 0.5) is 0 Å². The lowest BCUT2D eigenvalue weighted by Gasteiger charge is -2.29. The molecule has 3 N–H and O–H groups in total. The second-order valence-electron chi connectivity index (χ2n) is 8.12. The molecule has 3 rings (SSSR count). The van der Waals surface area contributed by atoms with Gasteiger partial charge < -0.3 is 15.7 Å². The van der Waals surface area contributed by atoms with Crippen molar-refractivity contribution in [3.63, 3.8) is 0 Å². The van der Waals surface area contributed by atoms with Crippen LogP contribution in [-0.4, -0.2) is 36.1 Å². The maximum absolute atomic E-state index is 12.5. The highest BCUT2D eigenvalue weighted by Crippen LogP contribution is 2.29. The average Bonchev–Trinajstić information content (AvgIpc) is 2.70. The SMILES string of the molecule is Cl.O=C(O)CCC[C@H]1CC[C@H](NC(=O)c2ccc(C3CCNCC3)cc2)CC1. The second kappa shape index (κ2) is 11.4. The smallest absolute Gasteiger partial charge is 0.303 e. The molecular weight excluding hydrogens is 376 g/mol. The normalized spacial score (nSPS) is 22.9. The highest BCUT2D eigenvalue weighted by molar-refractivity contribution is 5.94. The number of nitrogens with one attached hydrogen (secondary N) is 2. The van der Waals surface area contributed by atoms with E-state index in [4.69, 9.17) is 5.11 Å². The number of amides is 1. The fourth-order valence-electron chi connectivity index (χ4n) is 4.47. The molecule has 5 nitrogen and oxygen atoms in total. The summed E-state index contributed by atoms with van der Waals surface area (Å²) >= 11 is 0. The minimum absolute atomic E-state index is 0. The second-order valence-corrected chi connectivity index (χ2v) is 8.12. The third-order valence-corrected chi connectivity index (χ3v) is 6.17. The molecule has 1 aliphatic carbocycles. The van der Waals surface area contributed by atoms with Crippen LogP contribution in [0.15, 0.2) is 24.3 Å². The van der Waals surface area contributed by atoms with Gasteiger partial charge in [0.1, 0.15) is 0 Å². The molecule has 1 aliphatic heterocycles. The summed E-state index contributed by atoms with van der Waals surface area (Å²) in [5.74, 6) is 0.546. The maximum Gasteiger partial charge on any atom is 0.303 e. The average molecular weight is 409 g/mol. The molecule has 1 aromatic rings. The van der Waals surface area contributed by atoms with Crippen LogP contribution in [0.1, 0.15) is 79.6 Å². The molecule has 0 radical (unpaired) electrons. The van der Waals surface area contributed by atoms with E-state index in [1.54, 1.807) is 0 Å². The number of halogens is 1. The van der Waals surface area contributed by atoms with Gasteiger partial charge in [-0.15, -0.1) is 12.4 Å². The summed E-state index contributed by atoms with van der Waals surface area (Å²) in [7, 11) is 0. The number of aliphatic carboxylic acids is 1. The number of carbonyl (C=O) groups excluding carboxylic acids is 1. The Morgan fingerprint density at radius 3 is 2.25 bits per heavy atom. The highest BCUT2D eigenvalue weighted by Gasteiger charge is 2.23. The zero-order valence-electron chi connectivity index (χ0n) is 16.5. The largest absolute Gasteiger partial charge is 0.481 e. The van der Waals surface area contributed by atoms with E-state index in [-0.39, 0.29) is 30.8 Å². The van der Waals surface area contributed by atoms with E-state index >= 15 is 0 Å². The quantitative estimate of drug-likeness (QED) is 0.634. The molecule has 0 atom stereocenters. The van der Waals surface area contributed by atoms with Crippen LogP contribution < -0.4 is 10.6 Å². The Hall–Kier alpha value is -1.59. The molecule has 1 heterocycles. The Bertz CT molecular complexity index is 621. The molecule has 1 saturated carbocycles. The van der Waals surface area contributed by atoms with Crippen molar-refractivity contribution in [2.24, 2.45) is 5.92 Å². The van der Waals surface area contributed by atoms with Gasteiger partial charge in [-0.25, -0.2) is 0 Å². The molecule has 6 heteroatoms. The molecule has 0 unspecified atom stereocenters. The summed E-state index contributed by atoms with van der Waals surface area (Å²) < 4.78 is 0. The van der Waals surface area contributed by atoms with Crippen molar-refractivity contribution in [1.29, 1.82) is 0 Å². The highest BCUT2D eigenvalue weighted by atomic mass is 35.5. The molecule has 2 fully saturated rings. The molecule has 2 aliphatic rings. The summed E-state index contributed by atoms with van der Waals surface area (Å²) in [5.41, 5.74) is 2.09. The first-order valence-electron chi connectivity index (χ1n) is 10.4. The molecule has 0 spiro atoms. The zero-order chi connectivity index (χ0) is 19.1. The topological polar surface area (TPSA) is 78.4 Å². The van der Waals surface area contributed by atoms with Crippen molar-refractivity contribution in [1.82, 2.24) is 10.6 Å². The van der Waals surface area contributed by atoms with Gasteiger partial charge in [-0.1, -0.05) is 12.1 Å². The Labute approximate surface area is 174 Å². The predicted molar refractivity (Wildman–Crippen MR) is 113 cm³/mol. The van der Waals surface area contributed by atoms with Gasteiger partial charge in [0.25, 0.3) is 5.91 Å². The molecule has 28 heavy (non-hydrogen) atoms. The van der Waals surface area contributed by atoms with E-state index in [1.165, 1.54) is 18.4 Å². The summed E-state index contributed by atoms with van der Waals surface area (Å²) in [6.45, 7) is 2.15. The zero-order valence-corrected chi connectivity index (χ0v) is 17.3. The van der Waals surface area contributed by atoms with Crippen LogP contribution >= 0.6 is 12.4 Å². The van der Waals surface area contributed by atoms with Gasteiger partial charge in [0.15, 0.2) is 0 Å². The lowest BCUT2D eigenvalue weighted by Crippen LogP contribution is -2.37. The van der Waals surface area contributed by atoms with Gasteiger partial charge in [0.2, 0.25) is 0 Å². The molecular formula is C22H33ClN2O3. The van der Waals surface area contributed by atoms with Crippen LogP contribution in [0.2, 0.25) is 0 Å². The van der Waals surface area contributed by atoms with Crippen molar-refractivity contribution in [3.8, 4) is 0 Å². The molecule has 0 aromatic heterocycles. The first kappa shape index (κ1) is 22.7. The lowest BCUT2D eigenvalue weighted by atomic mass is 9.83. The lowest BCUT2D eigenvalue weighted by molar-refractivity contribution is -0.137. The fourth-order valence-corrected chi connectivity index (χ4v) is 4.47. The number of benzene rings is 1. The first-order valence-corrected chi connectivity index (χ1v) is 10.4. The Balaban J connectivity index is 0.00000280. The third-order valence-electron chi connectivity index (χ3n) is 6.17. The summed E-state index contributed by atoms with van der Waals surface area (Å²) in [5, 5.41) is 15.3. The summed E-state index contributed by atoms with van der Waals surface area (Å²) in [6, 6.07) is 8.40. The van der Waals surface area contributed by atoms with Gasteiger partial charge in [-0.2, -0.15) is 0 Å². The van der Waals surface area contributed by atoms with Crippen LogP contribution in [0, 0.1) is 5.92 Å². The Kier molecular flexibility index (Phi) is 9.26. The minimum Gasteiger partial charge on any atom is -0.481 e. The molecule has 1 saturated heterocycles. The predicted octanol–water partition coefficient (Wildman–Crippen LogP) is 4.12. The summed E-state index contributed by atoms with van der Waals surface area (Å²) in [4.78, 5) is 23.2. The van der Waals surface area contributed by atoms with Crippen LogP contribution in [-0.2, 0) is 4.79 Å². The van der Waals surface area contributed by atoms with Crippen molar-refractivity contribution in [2.75, 3.05) is 13.1 Å². The Morgan fingerprint density at radius 1 is 1.00 bits per heavy atom. The molecule has 156 valence electrons. The van der Waals surface area contributed by atoms with Crippen molar-refractivity contribution >= 4 is 24.3 Å². The van der Waals surface area contributed by atoms with Gasteiger partial charge in [0, 0.05) is 18.0 Å². The standard InChI is InChI=1S/C22H32N2O3.ClH/c25-21(26)3-1-2-16-4-10-20(11-5-16)24-22(27)19-8-6-17(7-9-19)18-12-14-23-15-13-18;/h6-9,16,18,20,23H,1-5,10-15H2,(H,24,27)(H,25,26);1H/t16-,20-;. The Morgan fingerprint density at radius 2 is 1.64 bits per heavy atom. The van der Waals surface area contributed by atoms with E-state index in [9.17, 15) is 9.59 Å². The van der Waals surface area contributed by atoms with Crippen LogP contribution in [0.25, 0.3) is 0 Å². The fraction of sp³-hybridized carbons (Fsp3) is 0.636. The number of hydrogen-bond acceptors (Lipinski definition) is 3.